The Balaban J connectivity index is 1.93. The van der Waals surface area contributed by atoms with Crippen molar-refractivity contribution < 1.29 is 23.6 Å². The molecule has 0 fully saturated rings. The minimum atomic E-state index is -0.603. The van der Waals surface area contributed by atoms with Gasteiger partial charge in [0, 0.05) is 18.2 Å². The predicted molar refractivity (Wildman–Crippen MR) is 104 cm³/mol. The van der Waals surface area contributed by atoms with Gasteiger partial charge in [0.2, 0.25) is 0 Å². The molecule has 0 unspecified atom stereocenters. The van der Waals surface area contributed by atoms with Crippen molar-refractivity contribution in [1.29, 1.82) is 0 Å². The number of hydrogen-bond acceptors (Lipinski definition) is 6. The highest BCUT2D eigenvalue weighted by molar-refractivity contribution is 7.16. The Labute approximate surface area is 167 Å². The number of nitrogens with zero attached hydrogens (tertiary/aromatic N) is 3. The first-order valence-electron chi connectivity index (χ1n) is 8.24. The molecule has 3 rings (SSSR count). The average molecular weight is 415 g/mol. The molecule has 1 aromatic heterocycles. The third kappa shape index (κ3) is 4.79. The van der Waals surface area contributed by atoms with Crippen LogP contribution in [0.1, 0.15) is 5.56 Å². The fraction of sp³-hybridized carbons (Fsp3) is 0.105. The number of nitro benzene ring substituents is 1. The number of fused-ring (bicyclic) bond motifs is 1. The number of carbonyl (C=O) groups excluding carboxylic acids is 2. The maximum absolute atomic E-state index is 13.5. The van der Waals surface area contributed by atoms with Crippen LogP contribution in [-0.2, 0) is 20.9 Å². The van der Waals surface area contributed by atoms with Crippen molar-refractivity contribution >= 4 is 45.2 Å². The van der Waals surface area contributed by atoms with E-state index >= 15 is 0 Å². The number of methoxy groups -OCH3 is 1. The third-order valence-corrected chi connectivity index (χ3v) is 4.93. The lowest BCUT2D eigenvalue weighted by Gasteiger charge is -2.03. The van der Waals surface area contributed by atoms with Crippen LogP contribution < -0.4 is 4.80 Å². The van der Waals surface area contributed by atoms with E-state index in [-0.39, 0.29) is 17.0 Å². The summed E-state index contributed by atoms with van der Waals surface area (Å²) in [5.74, 6) is -1.58. The van der Waals surface area contributed by atoms with Crippen LogP contribution in [0.5, 0.6) is 0 Å². The molecule has 0 spiro atoms. The number of carbonyl (C=O) groups is 2. The number of esters is 1. The molecule has 29 heavy (non-hydrogen) atoms. The molecule has 3 aromatic rings. The molecule has 2 aromatic carbocycles. The minimum absolute atomic E-state index is 0.0560. The van der Waals surface area contributed by atoms with Crippen LogP contribution >= 0.6 is 11.3 Å². The maximum atomic E-state index is 13.5. The van der Waals surface area contributed by atoms with Gasteiger partial charge in [-0.1, -0.05) is 11.3 Å². The Morgan fingerprint density at radius 2 is 2.00 bits per heavy atom. The van der Waals surface area contributed by atoms with Gasteiger partial charge in [-0.25, -0.2) is 4.39 Å². The molecule has 0 aliphatic heterocycles. The zero-order valence-corrected chi connectivity index (χ0v) is 15.9. The van der Waals surface area contributed by atoms with Gasteiger partial charge in [0.1, 0.15) is 12.4 Å². The monoisotopic (exact) mass is 415 g/mol. The van der Waals surface area contributed by atoms with Gasteiger partial charge >= 0.3 is 5.97 Å². The van der Waals surface area contributed by atoms with Crippen molar-refractivity contribution in [3.63, 3.8) is 0 Å². The lowest BCUT2D eigenvalue weighted by molar-refractivity contribution is -0.384. The fourth-order valence-electron chi connectivity index (χ4n) is 2.49. The van der Waals surface area contributed by atoms with Crippen molar-refractivity contribution in [2.24, 2.45) is 4.99 Å². The standard InChI is InChI=1S/C19H14FN3O5S/c1-28-18(25)11-22-15-8-5-13(20)10-16(15)29-19(22)21-17(24)9-4-12-2-6-14(7-3-12)23(26)27/h2-10H,11H2,1H3/b9-4-,21-19?. The first kappa shape index (κ1) is 20.1. The average Bonchev–Trinajstić information content (AvgIpc) is 3.02. The van der Waals surface area contributed by atoms with E-state index in [0.717, 1.165) is 11.3 Å². The second-order valence-corrected chi connectivity index (χ2v) is 6.80. The molecular weight excluding hydrogens is 401 g/mol. The first-order valence-corrected chi connectivity index (χ1v) is 9.06. The zero-order valence-electron chi connectivity index (χ0n) is 15.1. The minimum Gasteiger partial charge on any atom is -0.468 e. The number of amides is 1. The summed E-state index contributed by atoms with van der Waals surface area (Å²) in [5.41, 5.74) is 1.08. The van der Waals surface area contributed by atoms with Crippen molar-refractivity contribution in [1.82, 2.24) is 4.57 Å². The van der Waals surface area contributed by atoms with Crippen LogP contribution in [0.3, 0.4) is 0 Å². The summed E-state index contributed by atoms with van der Waals surface area (Å²) in [6, 6.07) is 9.70. The van der Waals surface area contributed by atoms with Gasteiger partial charge in [-0.3, -0.25) is 19.7 Å². The van der Waals surface area contributed by atoms with E-state index < -0.39 is 22.6 Å². The van der Waals surface area contributed by atoms with Crippen molar-refractivity contribution in [3.8, 4) is 0 Å². The zero-order chi connectivity index (χ0) is 21.0. The number of benzene rings is 2. The number of aromatic nitrogens is 1. The van der Waals surface area contributed by atoms with Crippen LogP contribution in [0, 0.1) is 15.9 Å². The van der Waals surface area contributed by atoms with Gasteiger partial charge in [-0.05, 0) is 42.0 Å². The van der Waals surface area contributed by atoms with E-state index in [1.54, 1.807) is 0 Å². The highest BCUT2D eigenvalue weighted by atomic mass is 32.1. The number of halogens is 1. The number of nitro groups is 1. The van der Waals surface area contributed by atoms with Gasteiger partial charge in [0.15, 0.2) is 4.80 Å². The number of ether oxygens (including phenoxy) is 1. The highest BCUT2D eigenvalue weighted by Crippen LogP contribution is 2.19. The lowest BCUT2D eigenvalue weighted by atomic mass is 10.2. The second kappa shape index (κ2) is 8.57. The van der Waals surface area contributed by atoms with E-state index in [9.17, 15) is 24.1 Å². The van der Waals surface area contributed by atoms with Gasteiger partial charge in [0.05, 0.1) is 22.2 Å². The van der Waals surface area contributed by atoms with Crippen molar-refractivity contribution in [3.05, 3.63) is 74.8 Å². The Hall–Kier alpha value is -3.66. The number of rotatable bonds is 5. The molecule has 0 radical (unpaired) electrons. The van der Waals surface area contributed by atoms with Crippen LogP contribution in [0.2, 0.25) is 0 Å². The maximum Gasteiger partial charge on any atom is 0.325 e. The SMILES string of the molecule is COC(=O)Cn1c(=NC(=O)/C=C\c2ccc([N+](=O)[O-])cc2)sc2cc(F)ccc21. The van der Waals surface area contributed by atoms with Crippen LogP contribution in [0.15, 0.2) is 53.5 Å². The topological polar surface area (TPSA) is 104 Å². The molecule has 0 N–H and O–H groups in total. The Morgan fingerprint density at radius 3 is 2.66 bits per heavy atom. The Bertz CT molecular complexity index is 1190. The molecule has 10 heteroatoms. The van der Waals surface area contributed by atoms with E-state index in [1.165, 1.54) is 66.3 Å². The van der Waals surface area contributed by atoms with Gasteiger partial charge in [0.25, 0.3) is 11.6 Å². The molecule has 0 aliphatic rings. The molecule has 1 amide bonds. The quantitative estimate of drug-likeness (QED) is 0.276. The summed E-state index contributed by atoms with van der Waals surface area (Å²) in [7, 11) is 1.24. The summed E-state index contributed by atoms with van der Waals surface area (Å²) in [6.45, 7) is -0.180. The van der Waals surface area contributed by atoms with Crippen LogP contribution in [0.4, 0.5) is 10.1 Å². The molecular formula is C19H14FN3O5S. The van der Waals surface area contributed by atoms with Crippen molar-refractivity contribution in [2.45, 2.75) is 6.54 Å². The largest absolute Gasteiger partial charge is 0.468 e. The van der Waals surface area contributed by atoms with E-state index in [1.807, 2.05) is 0 Å². The Kier molecular flexibility index (Phi) is 5.93. The molecule has 0 saturated heterocycles. The second-order valence-electron chi connectivity index (χ2n) is 5.79. The van der Waals surface area contributed by atoms with E-state index in [2.05, 4.69) is 9.73 Å². The van der Waals surface area contributed by atoms with Crippen LogP contribution in [0.25, 0.3) is 16.3 Å². The summed E-state index contributed by atoms with van der Waals surface area (Å²) >= 11 is 1.06. The number of hydrogen-bond donors (Lipinski definition) is 0. The Morgan fingerprint density at radius 1 is 1.28 bits per heavy atom. The number of thiazole rings is 1. The van der Waals surface area contributed by atoms with Gasteiger partial charge in [-0.2, -0.15) is 4.99 Å². The molecule has 0 aliphatic carbocycles. The first-order chi connectivity index (χ1) is 13.9. The smallest absolute Gasteiger partial charge is 0.325 e. The molecule has 0 saturated carbocycles. The van der Waals surface area contributed by atoms with E-state index in [0.29, 0.717) is 15.8 Å². The summed E-state index contributed by atoms with van der Waals surface area (Å²) in [6.07, 6.45) is 2.67. The molecule has 148 valence electrons. The summed E-state index contributed by atoms with van der Waals surface area (Å²) in [5, 5.41) is 10.7. The summed E-state index contributed by atoms with van der Waals surface area (Å²) in [4.78, 5) is 38.3. The molecule has 1 heterocycles. The van der Waals surface area contributed by atoms with E-state index in [4.69, 9.17) is 0 Å². The molecule has 8 nitrogen and oxygen atoms in total. The molecule has 0 bridgehead atoms. The third-order valence-electron chi connectivity index (χ3n) is 3.89. The fourth-order valence-corrected chi connectivity index (χ4v) is 3.54. The predicted octanol–water partition coefficient (Wildman–Crippen LogP) is 3.06. The number of non-ortho nitro benzene ring substituents is 1. The lowest BCUT2D eigenvalue weighted by Crippen LogP contribution is -2.22. The van der Waals surface area contributed by atoms with Crippen LogP contribution in [-0.4, -0.2) is 28.5 Å². The normalized spacial score (nSPS) is 11.9. The van der Waals surface area contributed by atoms with Crippen molar-refractivity contribution in [2.75, 3.05) is 7.11 Å². The van der Waals surface area contributed by atoms with Gasteiger partial charge < -0.3 is 9.30 Å². The molecule has 0 atom stereocenters. The van der Waals surface area contributed by atoms with Gasteiger partial charge in [-0.15, -0.1) is 0 Å². The highest BCUT2D eigenvalue weighted by Gasteiger charge is 2.12. The summed E-state index contributed by atoms with van der Waals surface area (Å²) < 4.78 is 20.2.